The Balaban J connectivity index is 2.79. The maximum absolute atomic E-state index is 12.0. The van der Waals surface area contributed by atoms with E-state index in [9.17, 15) is 8.42 Å². The third-order valence-electron chi connectivity index (χ3n) is 2.87. The van der Waals surface area contributed by atoms with E-state index in [1.165, 1.54) is 4.31 Å². The van der Waals surface area contributed by atoms with Crippen molar-refractivity contribution in [1.82, 2.24) is 4.31 Å². The van der Waals surface area contributed by atoms with Crippen molar-refractivity contribution in [3.63, 3.8) is 0 Å². The molecule has 1 rings (SSSR count). The molecule has 0 aliphatic carbocycles. The highest BCUT2D eigenvalue weighted by atomic mass is 32.2. The van der Waals surface area contributed by atoms with Crippen molar-refractivity contribution in [1.29, 1.82) is 0 Å². The first kappa shape index (κ1) is 14.2. The lowest BCUT2D eigenvalue weighted by Gasteiger charge is -2.24. The number of benzene rings is 1. The number of nitrogens with two attached hydrogens (primary N) is 1. The van der Waals surface area contributed by atoms with Gasteiger partial charge < -0.3 is 5.73 Å². The minimum Gasteiger partial charge on any atom is -0.330 e. The fourth-order valence-corrected chi connectivity index (χ4v) is 3.02. The molecule has 0 aliphatic rings. The fraction of sp³-hybridized carbons (Fsp3) is 0.500. The molecular weight excluding hydrogens is 236 g/mol. The van der Waals surface area contributed by atoms with Crippen molar-refractivity contribution in [2.24, 2.45) is 5.73 Å². The van der Waals surface area contributed by atoms with Gasteiger partial charge in [-0.25, -0.2) is 8.42 Å². The van der Waals surface area contributed by atoms with Crippen LogP contribution in [-0.4, -0.2) is 32.1 Å². The first-order valence-electron chi connectivity index (χ1n) is 5.69. The lowest BCUT2D eigenvalue weighted by molar-refractivity contribution is 0.398. The average molecular weight is 256 g/mol. The van der Waals surface area contributed by atoms with E-state index in [2.05, 4.69) is 0 Å². The molecule has 0 bridgehead atoms. The molecule has 17 heavy (non-hydrogen) atoms. The van der Waals surface area contributed by atoms with Gasteiger partial charge in [-0.2, -0.15) is 4.31 Å². The lowest BCUT2D eigenvalue weighted by atomic mass is 10.1. The Hall–Kier alpha value is -0.910. The Labute approximate surface area is 103 Å². The molecule has 1 aromatic carbocycles. The van der Waals surface area contributed by atoms with Crippen LogP contribution in [0.3, 0.4) is 0 Å². The van der Waals surface area contributed by atoms with Crippen LogP contribution in [0.25, 0.3) is 0 Å². The van der Waals surface area contributed by atoms with Crippen LogP contribution in [0.5, 0.6) is 0 Å². The van der Waals surface area contributed by atoms with E-state index >= 15 is 0 Å². The van der Waals surface area contributed by atoms with Crippen LogP contribution in [0.4, 0.5) is 0 Å². The van der Waals surface area contributed by atoms with Crippen LogP contribution in [0, 0.1) is 0 Å². The zero-order chi connectivity index (χ0) is 12.9. The third-order valence-corrected chi connectivity index (χ3v) is 4.87. The minimum atomic E-state index is -3.22. The molecule has 96 valence electrons. The maximum atomic E-state index is 12.0. The molecule has 0 aromatic heterocycles. The average Bonchev–Trinajstić information content (AvgIpc) is 2.35. The van der Waals surface area contributed by atoms with Gasteiger partial charge in [-0.15, -0.1) is 0 Å². The summed E-state index contributed by atoms with van der Waals surface area (Å²) in [6, 6.07) is 9.44. The molecule has 0 fully saturated rings. The van der Waals surface area contributed by atoms with Crippen LogP contribution < -0.4 is 5.73 Å². The fourth-order valence-electron chi connectivity index (χ4n) is 1.59. The Bertz CT molecular complexity index is 431. The van der Waals surface area contributed by atoms with Crippen LogP contribution in [0.1, 0.15) is 24.9 Å². The molecular formula is C12H20N2O2S. The van der Waals surface area contributed by atoms with E-state index in [1.807, 2.05) is 37.3 Å². The number of nitrogens with zero attached hydrogens (tertiary/aromatic N) is 1. The minimum absolute atomic E-state index is 0.108. The molecule has 0 saturated carbocycles. The molecule has 1 aromatic rings. The molecule has 1 atom stereocenters. The Morgan fingerprint density at radius 1 is 1.29 bits per heavy atom. The van der Waals surface area contributed by atoms with Crippen LogP contribution in [0.2, 0.25) is 0 Å². The number of sulfonamides is 1. The van der Waals surface area contributed by atoms with Gasteiger partial charge in [0.1, 0.15) is 0 Å². The van der Waals surface area contributed by atoms with E-state index in [0.717, 1.165) is 5.56 Å². The van der Waals surface area contributed by atoms with Crippen molar-refractivity contribution in [2.75, 3.05) is 19.3 Å². The second kappa shape index (κ2) is 6.14. The summed E-state index contributed by atoms with van der Waals surface area (Å²) in [5.41, 5.74) is 6.33. The van der Waals surface area contributed by atoms with Gasteiger partial charge in [0, 0.05) is 13.1 Å². The van der Waals surface area contributed by atoms with E-state index < -0.39 is 10.0 Å². The van der Waals surface area contributed by atoms with Crippen LogP contribution >= 0.6 is 0 Å². The Morgan fingerprint density at radius 3 is 2.41 bits per heavy atom. The Morgan fingerprint density at radius 2 is 1.88 bits per heavy atom. The van der Waals surface area contributed by atoms with Crippen LogP contribution in [-0.2, 0) is 10.0 Å². The van der Waals surface area contributed by atoms with Gasteiger partial charge in [-0.3, -0.25) is 0 Å². The molecule has 5 heteroatoms. The smallest absolute Gasteiger partial charge is 0.214 e. The van der Waals surface area contributed by atoms with Gasteiger partial charge in [0.25, 0.3) is 0 Å². The largest absolute Gasteiger partial charge is 0.330 e. The SMILES string of the molecule is CC(c1ccccc1)N(C)S(=O)(=O)CCCN. The second-order valence-electron chi connectivity index (χ2n) is 4.06. The highest BCUT2D eigenvalue weighted by molar-refractivity contribution is 7.89. The monoisotopic (exact) mass is 256 g/mol. The molecule has 4 nitrogen and oxygen atoms in total. The summed E-state index contributed by atoms with van der Waals surface area (Å²) < 4.78 is 25.4. The number of rotatable bonds is 6. The number of hydrogen-bond acceptors (Lipinski definition) is 3. The van der Waals surface area contributed by atoms with E-state index in [4.69, 9.17) is 5.73 Å². The van der Waals surface area contributed by atoms with Gasteiger partial charge in [0.05, 0.1) is 5.75 Å². The summed E-state index contributed by atoms with van der Waals surface area (Å²) in [4.78, 5) is 0. The molecule has 2 N–H and O–H groups in total. The van der Waals surface area contributed by atoms with Gasteiger partial charge in [0.2, 0.25) is 10.0 Å². The number of hydrogen-bond donors (Lipinski definition) is 1. The van der Waals surface area contributed by atoms with Gasteiger partial charge in [-0.1, -0.05) is 30.3 Å². The highest BCUT2D eigenvalue weighted by Gasteiger charge is 2.23. The first-order valence-corrected chi connectivity index (χ1v) is 7.30. The predicted octanol–water partition coefficient (Wildman–Crippen LogP) is 1.36. The maximum Gasteiger partial charge on any atom is 0.214 e. The first-order chi connectivity index (χ1) is 7.99. The van der Waals surface area contributed by atoms with Crippen molar-refractivity contribution in [3.05, 3.63) is 35.9 Å². The standard InChI is InChI=1S/C12H20N2O2S/c1-11(12-7-4-3-5-8-12)14(2)17(15,16)10-6-9-13/h3-5,7-8,11H,6,9-10,13H2,1-2H3. The van der Waals surface area contributed by atoms with Crippen molar-refractivity contribution in [3.8, 4) is 0 Å². The third kappa shape index (κ3) is 3.80. The second-order valence-corrected chi connectivity index (χ2v) is 6.21. The van der Waals surface area contributed by atoms with Crippen LogP contribution in [0.15, 0.2) is 30.3 Å². The van der Waals surface area contributed by atoms with Gasteiger partial charge in [-0.05, 0) is 25.5 Å². The molecule has 0 amide bonds. The van der Waals surface area contributed by atoms with Crippen molar-refractivity contribution < 1.29 is 8.42 Å². The van der Waals surface area contributed by atoms with Crippen molar-refractivity contribution >= 4 is 10.0 Å². The molecule has 0 aliphatic heterocycles. The lowest BCUT2D eigenvalue weighted by Crippen LogP contribution is -2.32. The highest BCUT2D eigenvalue weighted by Crippen LogP contribution is 2.21. The molecule has 1 unspecified atom stereocenters. The molecule has 0 heterocycles. The summed E-state index contributed by atoms with van der Waals surface area (Å²) in [7, 11) is -1.60. The summed E-state index contributed by atoms with van der Waals surface area (Å²) in [6.07, 6.45) is 0.494. The van der Waals surface area contributed by atoms with E-state index in [1.54, 1.807) is 7.05 Å². The summed E-state index contributed by atoms with van der Waals surface area (Å²) in [5, 5.41) is 0. The zero-order valence-corrected chi connectivity index (χ0v) is 11.2. The summed E-state index contributed by atoms with van der Waals surface area (Å²) in [5.74, 6) is 0.108. The normalized spacial score (nSPS) is 13.9. The Kier molecular flexibility index (Phi) is 5.11. The van der Waals surface area contributed by atoms with E-state index in [0.29, 0.717) is 13.0 Å². The topological polar surface area (TPSA) is 63.4 Å². The van der Waals surface area contributed by atoms with Gasteiger partial charge >= 0.3 is 0 Å². The predicted molar refractivity (Wildman–Crippen MR) is 70.1 cm³/mol. The summed E-state index contributed by atoms with van der Waals surface area (Å²) in [6.45, 7) is 2.28. The summed E-state index contributed by atoms with van der Waals surface area (Å²) >= 11 is 0. The molecule has 0 saturated heterocycles. The molecule has 0 radical (unpaired) electrons. The molecule has 0 spiro atoms. The van der Waals surface area contributed by atoms with E-state index in [-0.39, 0.29) is 11.8 Å². The van der Waals surface area contributed by atoms with Crippen molar-refractivity contribution in [2.45, 2.75) is 19.4 Å². The quantitative estimate of drug-likeness (QED) is 0.836. The zero-order valence-electron chi connectivity index (χ0n) is 10.3. The van der Waals surface area contributed by atoms with Gasteiger partial charge in [0.15, 0.2) is 0 Å².